The smallest absolute Gasteiger partial charge is 0.252 e. The van der Waals surface area contributed by atoms with Crippen LogP contribution in [0.15, 0.2) is 77.3 Å². The van der Waals surface area contributed by atoms with E-state index in [2.05, 4.69) is 27.3 Å². The zero-order valence-electron chi connectivity index (χ0n) is 14.8. The van der Waals surface area contributed by atoms with E-state index in [1.54, 1.807) is 7.11 Å². The van der Waals surface area contributed by atoms with Crippen LogP contribution in [0.3, 0.4) is 0 Å². The summed E-state index contributed by atoms with van der Waals surface area (Å²) in [5.41, 5.74) is 1.64. The summed E-state index contributed by atoms with van der Waals surface area (Å²) in [6.07, 6.45) is 0. The molecule has 0 aliphatic carbocycles. The first-order valence-electron chi connectivity index (χ1n) is 8.68. The van der Waals surface area contributed by atoms with Gasteiger partial charge in [-0.2, -0.15) is 0 Å². The quantitative estimate of drug-likeness (QED) is 0.460. The maximum absolute atomic E-state index is 12.9. The molecule has 0 bridgehead atoms. The monoisotopic (exact) mass is 419 g/mol. The average Bonchev–Trinajstić information content (AvgIpc) is 2.71. The summed E-state index contributed by atoms with van der Waals surface area (Å²) in [4.78, 5) is 12.9. The van der Waals surface area contributed by atoms with Crippen molar-refractivity contribution in [3.8, 4) is 5.75 Å². The minimum absolute atomic E-state index is 0.0945. The number of carbonyl (C=O) groups excluding carboxylic acids is 1. The number of ether oxygens (including phenoxy) is 1. The van der Waals surface area contributed by atoms with Gasteiger partial charge in [-0.25, -0.2) is 0 Å². The number of fused-ring (bicyclic) bond motifs is 2. The van der Waals surface area contributed by atoms with Gasteiger partial charge in [-0.3, -0.25) is 4.79 Å². The number of halogens is 1. The first-order valence-corrected chi connectivity index (χ1v) is 9.48. The summed E-state index contributed by atoms with van der Waals surface area (Å²) >= 11 is 3.51. The minimum Gasteiger partial charge on any atom is -0.496 e. The molecule has 1 amide bonds. The highest BCUT2D eigenvalue weighted by atomic mass is 79.9. The van der Waals surface area contributed by atoms with Crippen LogP contribution in [0.4, 0.5) is 0 Å². The average molecular weight is 420 g/mol. The lowest BCUT2D eigenvalue weighted by Gasteiger charge is -2.14. The van der Waals surface area contributed by atoms with Crippen molar-refractivity contribution >= 4 is 43.4 Å². The maximum Gasteiger partial charge on any atom is 0.252 e. The normalized spacial score (nSPS) is 10.9. The Morgan fingerprint density at radius 2 is 1.74 bits per heavy atom. The molecule has 0 aliphatic heterocycles. The van der Waals surface area contributed by atoms with E-state index in [9.17, 15) is 4.79 Å². The molecule has 0 saturated heterocycles. The van der Waals surface area contributed by atoms with Gasteiger partial charge in [0.2, 0.25) is 0 Å². The van der Waals surface area contributed by atoms with Crippen LogP contribution in [-0.2, 0) is 6.54 Å². The van der Waals surface area contributed by atoms with Gasteiger partial charge >= 0.3 is 0 Å². The highest BCUT2D eigenvalue weighted by Gasteiger charge is 2.13. The van der Waals surface area contributed by atoms with E-state index >= 15 is 0 Å². The number of methoxy groups -OCH3 is 1. The van der Waals surface area contributed by atoms with Crippen molar-refractivity contribution in [3.05, 3.63) is 88.4 Å². The van der Waals surface area contributed by atoms with Gasteiger partial charge in [0, 0.05) is 22.1 Å². The van der Waals surface area contributed by atoms with Crippen molar-refractivity contribution in [2.24, 2.45) is 0 Å². The molecule has 4 aromatic carbocycles. The van der Waals surface area contributed by atoms with Crippen molar-refractivity contribution in [1.82, 2.24) is 5.32 Å². The SMILES string of the molecule is COc1ccc2cc(Br)ccc2c1CNC(=O)c1cccc2ccccc12. The van der Waals surface area contributed by atoms with Crippen LogP contribution in [0.5, 0.6) is 5.75 Å². The molecule has 4 rings (SSSR count). The van der Waals surface area contributed by atoms with Gasteiger partial charge in [-0.15, -0.1) is 0 Å². The summed E-state index contributed by atoms with van der Waals surface area (Å²) in [5, 5.41) is 7.22. The molecule has 27 heavy (non-hydrogen) atoms. The van der Waals surface area contributed by atoms with Gasteiger partial charge in [-0.05, 0) is 45.8 Å². The maximum atomic E-state index is 12.9. The van der Waals surface area contributed by atoms with Gasteiger partial charge in [0.05, 0.1) is 7.11 Å². The standard InChI is InChI=1S/C23H18BrNO2/c1-27-22-12-9-16-13-17(24)10-11-19(16)21(22)14-25-23(26)20-8-4-6-15-5-2-3-7-18(15)20/h2-13H,14H2,1H3,(H,25,26). The summed E-state index contributed by atoms with van der Waals surface area (Å²) in [5.74, 6) is 0.672. The fourth-order valence-electron chi connectivity index (χ4n) is 3.41. The Hall–Kier alpha value is -2.85. The highest BCUT2D eigenvalue weighted by molar-refractivity contribution is 9.10. The van der Waals surface area contributed by atoms with E-state index < -0.39 is 0 Å². The molecular formula is C23H18BrNO2. The molecule has 0 fully saturated rings. The van der Waals surface area contributed by atoms with Crippen LogP contribution in [-0.4, -0.2) is 13.0 Å². The van der Waals surface area contributed by atoms with Crippen LogP contribution < -0.4 is 10.1 Å². The number of hydrogen-bond donors (Lipinski definition) is 1. The molecule has 0 saturated carbocycles. The second kappa shape index (κ2) is 7.41. The fourth-order valence-corrected chi connectivity index (χ4v) is 3.78. The van der Waals surface area contributed by atoms with Crippen LogP contribution in [0.1, 0.15) is 15.9 Å². The van der Waals surface area contributed by atoms with Crippen molar-refractivity contribution in [3.63, 3.8) is 0 Å². The molecule has 134 valence electrons. The molecule has 0 heterocycles. The minimum atomic E-state index is -0.0945. The third-order valence-corrected chi connectivity index (χ3v) is 5.22. The van der Waals surface area contributed by atoms with Crippen LogP contribution >= 0.6 is 15.9 Å². The van der Waals surface area contributed by atoms with E-state index in [4.69, 9.17) is 4.74 Å². The number of benzene rings is 4. The molecule has 0 spiro atoms. The van der Waals surface area contributed by atoms with E-state index in [0.717, 1.165) is 37.3 Å². The molecule has 3 nitrogen and oxygen atoms in total. The molecule has 1 N–H and O–H groups in total. The van der Waals surface area contributed by atoms with E-state index in [0.29, 0.717) is 12.1 Å². The lowest BCUT2D eigenvalue weighted by atomic mass is 10.0. The first kappa shape index (κ1) is 17.6. The predicted molar refractivity (Wildman–Crippen MR) is 113 cm³/mol. The van der Waals surface area contributed by atoms with E-state index in [1.165, 1.54) is 0 Å². The number of nitrogens with one attached hydrogen (secondary N) is 1. The number of amides is 1. The lowest BCUT2D eigenvalue weighted by Crippen LogP contribution is -2.23. The van der Waals surface area contributed by atoms with Gasteiger partial charge in [-0.1, -0.05) is 64.5 Å². The summed E-state index contributed by atoms with van der Waals surface area (Å²) < 4.78 is 6.55. The zero-order valence-corrected chi connectivity index (χ0v) is 16.4. The second-order valence-corrected chi connectivity index (χ2v) is 7.24. The summed E-state index contributed by atoms with van der Waals surface area (Å²) in [7, 11) is 1.65. The Balaban J connectivity index is 1.68. The van der Waals surface area contributed by atoms with Gasteiger partial charge in [0.15, 0.2) is 0 Å². The molecule has 0 aliphatic rings. The topological polar surface area (TPSA) is 38.3 Å². The zero-order chi connectivity index (χ0) is 18.8. The Morgan fingerprint density at radius 1 is 0.926 bits per heavy atom. The number of hydrogen-bond acceptors (Lipinski definition) is 2. The van der Waals surface area contributed by atoms with Crippen LogP contribution in [0.2, 0.25) is 0 Å². The van der Waals surface area contributed by atoms with E-state index in [1.807, 2.05) is 66.7 Å². The highest BCUT2D eigenvalue weighted by Crippen LogP contribution is 2.30. The molecule has 0 radical (unpaired) electrons. The predicted octanol–water partition coefficient (Wildman–Crippen LogP) is 5.69. The largest absolute Gasteiger partial charge is 0.496 e. The molecule has 4 heteroatoms. The molecule has 0 aromatic heterocycles. The van der Waals surface area contributed by atoms with Crippen LogP contribution in [0, 0.1) is 0 Å². The molecule has 0 atom stereocenters. The molecule has 4 aromatic rings. The lowest BCUT2D eigenvalue weighted by molar-refractivity contribution is 0.0952. The van der Waals surface area contributed by atoms with Crippen molar-refractivity contribution in [2.45, 2.75) is 6.54 Å². The van der Waals surface area contributed by atoms with E-state index in [-0.39, 0.29) is 5.91 Å². The van der Waals surface area contributed by atoms with Crippen molar-refractivity contribution < 1.29 is 9.53 Å². The number of rotatable bonds is 4. The number of carbonyl (C=O) groups is 1. The Morgan fingerprint density at radius 3 is 2.59 bits per heavy atom. The Kier molecular flexibility index (Phi) is 4.82. The summed E-state index contributed by atoms with van der Waals surface area (Å²) in [6.45, 7) is 0.393. The Bertz CT molecular complexity index is 1150. The Labute approximate surface area is 166 Å². The van der Waals surface area contributed by atoms with Crippen molar-refractivity contribution in [2.75, 3.05) is 7.11 Å². The molecular weight excluding hydrogens is 402 g/mol. The first-order chi connectivity index (χ1) is 13.2. The van der Waals surface area contributed by atoms with Gasteiger partial charge in [0.25, 0.3) is 5.91 Å². The van der Waals surface area contributed by atoms with Gasteiger partial charge < -0.3 is 10.1 Å². The van der Waals surface area contributed by atoms with Crippen molar-refractivity contribution in [1.29, 1.82) is 0 Å². The molecule has 0 unspecified atom stereocenters. The summed E-state index contributed by atoms with van der Waals surface area (Å²) in [6, 6.07) is 23.7. The van der Waals surface area contributed by atoms with Crippen LogP contribution in [0.25, 0.3) is 21.5 Å². The second-order valence-electron chi connectivity index (χ2n) is 6.32. The third kappa shape index (κ3) is 3.40. The fraction of sp³-hybridized carbons (Fsp3) is 0.0870. The third-order valence-electron chi connectivity index (χ3n) is 4.73. The van der Waals surface area contributed by atoms with Gasteiger partial charge in [0.1, 0.15) is 5.75 Å².